The molecule has 2 N–H and O–H groups in total. The summed E-state index contributed by atoms with van der Waals surface area (Å²) in [5.74, 6) is 0.768. The average Bonchev–Trinajstić information content (AvgIpc) is 2.94. The molecule has 1 fully saturated rings. The Balaban J connectivity index is 0.000000853. The summed E-state index contributed by atoms with van der Waals surface area (Å²) in [6.07, 6.45) is 5.33. The van der Waals surface area contributed by atoms with Crippen LogP contribution in [0.1, 0.15) is 30.4 Å². The van der Waals surface area contributed by atoms with E-state index in [9.17, 15) is 0 Å². The molecule has 82 valence electrons. The van der Waals surface area contributed by atoms with Crippen molar-refractivity contribution in [2.24, 2.45) is 11.7 Å². The first kappa shape index (κ1) is 11.0. The van der Waals surface area contributed by atoms with Crippen LogP contribution in [0, 0.1) is 5.92 Å². The van der Waals surface area contributed by atoms with E-state index in [1.54, 1.807) is 11.1 Å². The molecule has 0 aliphatic heterocycles. The second kappa shape index (κ2) is 3.80. The summed E-state index contributed by atoms with van der Waals surface area (Å²) < 4.78 is 0. The Kier molecular flexibility index (Phi) is 2.78. The van der Waals surface area contributed by atoms with Gasteiger partial charge < -0.3 is 5.73 Å². The van der Waals surface area contributed by atoms with E-state index in [1.165, 1.54) is 25.7 Å². The fraction of sp³-hybridized carbons (Fsp3) is 0.538. The van der Waals surface area contributed by atoms with E-state index < -0.39 is 0 Å². The van der Waals surface area contributed by atoms with Crippen molar-refractivity contribution in [1.82, 2.24) is 0 Å². The molecule has 0 saturated heterocycles. The Morgan fingerprint density at radius 2 is 2.13 bits per heavy atom. The zero-order chi connectivity index (χ0) is 9.60. The fourth-order valence-electron chi connectivity index (χ4n) is 3.28. The second-order valence-electron chi connectivity index (χ2n) is 4.80. The van der Waals surface area contributed by atoms with Crippen LogP contribution in [-0.4, -0.2) is 6.54 Å². The zero-order valence-electron chi connectivity index (χ0n) is 8.91. The lowest BCUT2D eigenvalue weighted by atomic mass is 9.79. The van der Waals surface area contributed by atoms with Crippen LogP contribution in [0.25, 0.3) is 0 Å². The van der Waals surface area contributed by atoms with Gasteiger partial charge >= 0.3 is 0 Å². The Morgan fingerprint density at radius 1 is 1.33 bits per heavy atom. The molecule has 1 spiro atoms. The van der Waals surface area contributed by atoms with Gasteiger partial charge in [-0.3, -0.25) is 0 Å². The Morgan fingerprint density at radius 3 is 2.87 bits per heavy atom. The molecule has 15 heavy (non-hydrogen) atoms. The summed E-state index contributed by atoms with van der Waals surface area (Å²) >= 11 is 0. The average molecular weight is 224 g/mol. The molecule has 1 aromatic carbocycles. The van der Waals surface area contributed by atoms with Crippen molar-refractivity contribution in [2.75, 3.05) is 6.54 Å². The lowest BCUT2D eigenvalue weighted by Gasteiger charge is -2.26. The van der Waals surface area contributed by atoms with Crippen LogP contribution in [0.3, 0.4) is 0 Å². The molecular weight excluding hydrogens is 206 g/mol. The lowest BCUT2D eigenvalue weighted by Crippen LogP contribution is -2.21. The predicted molar refractivity (Wildman–Crippen MR) is 65.5 cm³/mol. The number of hydrogen-bond acceptors (Lipinski definition) is 1. The molecule has 1 nitrogen and oxygen atoms in total. The van der Waals surface area contributed by atoms with Gasteiger partial charge in [0.15, 0.2) is 0 Å². The number of aryl methyl sites for hydroxylation is 1. The topological polar surface area (TPSA) is 26.0 Å². The van der Waals surface area contributed by atoms with Gasteiger partial charge in [0.25, 0.3) is 0 Å². The summed E-state index contributed by atoms with van der Waals surface area (Å²) in [5.41, 5.74) is 9.49. The van der Waals surface area contributed by atoms with Crippen LogP contribution in [0.5, 0.6) is 0 Å². The fourth-order valence-corrected chi connectivity index (χ4v) is 3.28. The number of benzene rings is 1. The first-order valence-corrected chi connectivity index (χ1v) is 5.65. The number of halogens is 1. The minimum Gasteiger partial charge on any atom is -0.330 e. The maximum atomic E-state index is 5.80. The van der Waals surface area contributed by atoms with Crippen LogP contribution >= 0.6 is 12.4 Å². The number of hydrogen-bond donors (Lipinski definition) is 1. The van der Waals surface area contributed by atoms with Gasteiger partial charge in [-0.15, -0.1) is 12.4 Å². The Labute approximate surface area is 97.5 Å². The first-order chi connectivity index (χ1) is 6.87. The van der Waals surface area contributed by atoms with Crippen molar-refractivity contribution in [3.8, 4) is 0 Å². The van der Waals surface area contributed by atoms with Crippen LogP contribution in [0.2, 0.25) is 0 Å². The molecule has 2 aliphatic rings. The minimum atomic E-state index is 0. The Hall–Kier alpha value is -0.530. The highest BCUT2D eigenvalue weighted by molar-refractivity contribution is 5.85. The van der Waals surface area contributed by atoms with Crippen LogP contribution in [0.15, 0.2) is 24.3 Å². The normalized spacial score (nSPS) is 31.9. The van der Waals surface area contributed by atoms with Crippen molar-refractivity contribution in [2.45, 2.75) is 31.1 Å². The number of fused-ring (bicyclic) bond motifs is 2. The van der Waals surface area contributed by atoms with Crippen molar-refractivity contribution in [3.05, 3.63) is 35.4 Å². The van der Waals surface area contributed by atoms with Gasteiger partial charge in [-0.25, -0.2) is 0 Å². The highest BCUT2D eigenvalue weighted by Crippen LogP contribution is 2.59. The van der Waals surface area contributed by atoms with Crippen molar-refractivity contribution in [1.29, 1.82) is 0 Å². The van der Waals surface area contributed by atoms with Gasteiger partial charge in [0.1, 0.15) is 0 Å². The lowest BCUT2D eigenvalue weighted by molar-refractivity contribution is 0.499. The van der Waals surface area contributed by atoms with Crippen molar-refractivity contribution in [3.63, 3.8) is 0 Å². The monoisotopic (exact) mass is 223 g/mol. The molecule has 2 unspecified atom stereocenters. The highest BCUT2D eigenvalue weighted by Gasteiger charge is 2.55. The van der Waals surface area contributed by atoms with Crippen LogP contribution < -0.4 is 5.73 Å². The van der Waals surface area contributed by atoms with Crippen LogP contribution in [-0.2, 0) is 11.8 Å². The van der Waals surface area contributed by atoms with E-state index in [2.05, 4.69) is 24.3 Å². The number of rotatable bonds is 1. The molecular formula is C13H18ClN. The molecule has 2 aliphatic carbocycles. The summed E-state index contributed by atoms with van der Waals surface area (Å²) in [6, 6.07) is 8.96. The molecule has 2 heteroatoms. The predicted octanol–water partition coefficient (Wildman–Crippen LogP) is 2.66. The highest BCUT2D eigenvalue weighted by atomic mass is 35.5. The summed E-state index contributed by atoms with van der Waals surface area (Å²) in [6.45, 7) is 0.869. The third-order valence-electron chi connectivity index (χ3n) is 4.14. The quantitative estimate of drug-likeness (QED) is 0.779. The van der Waals surface area contributed by atoms with E-state index in [0.717, 1.165) is 12.5 Å². The van der Waals surface area contributed by atoms with Gasteiger partial charge in [-0.2, -0.15) is 0 Å². The van der Waals surface area contributed by atoms with E-state index in [1.807, 2.05) is 0 Å². The van der Waals surface area contributed by atoms with Gasteiger partial charge in [0, 0.05) is 0 Å². The summed E-state index contributed by atoms with van der Waals surface area (Å²) in [4.78, 5) is 0. The third kappa shape index (κ3) is 1.49. The second-order valence-corrected chi connectivity index (χ2v) is 4.80. The molecule has 1 aromatic rings. The van der Waals surface area contributed by atoms with Crippen molar-refractivity contribution >= 4 is 12.4 Å². The smallest absolute Gasteiger partial charge is 0.0000168 e. The van der Waals surface area contributed by atoms with Crippen molar-refractivity contribution < 1.29 is 0 Å². The SMILES string of the molecule is Cl.NCC1CC12CCCc1ccccc12. The molecule has 0 aromatic heterocycles. The molecule has 0 radical (unpaired) electrons. The van der Waals surface area contributed by atoms with E-state index in [4.69, 9.17) is 5.73 Å². The van der Waals surface area contributed by atoms with Crippen LogP contribution in [0.4, 0.5) is 0 Å². The van der Waals surface area contributed by atoms with Gasteiger partial charge in [-0.1, -0.05) is 24.3 Å². The molecule has 2 atom stereocenters. The number of nitrogens with two attached hydrogens (primary N) is 1. The molecule has 1 saturated carbocycles. The third-order valence-corrected chi connectivity index (χ3v) is 4.14. The summed E-state index contributed by atoms with van der Waals surface area (Å²) in [7, 11) is 0. The molecule has 0 heterocycles. The van der Waals surface area contributed by atoms with E-state index in [0.29, 0.717) is 5.41 Å². The largest absolute Gasteiger partial charge is 0.330 e. The van der Waals surface area contributed by atoms with Gasteiger partial charge in [0.2, 0.25) is 0 Å². The standard InChI is InChI=1S/C13H17N.ClH/c14-9-11-8-13(11)7-3-5-10-4-1-2-6-12(10)13;/h1-2,4,6,11H,3,5,7-9,14H2;1H. The first-order valence-electron chi connectivity index (χ1n) is 5.65. The maximum absolute atomic E-state index is 5.80. The van der Waals surface area contributed by atoms with Gasteiger partial charge in [0.05, 0.1) is 0 Å². The zero-order valence-corrected chi connectivity index (χ0v) is 9.72. The maximum Gasteiger partial charge on any atom is -0.0000168 e. The molecule has 0 amide bonds. The Bertz CT molecular complexity index is 363. The summed E-state index contributed by atoms with van der Waals surface area (Å²) in [5, 5.41) is 0. The van der Waals surface area contributed by atoms with E-state index in [-0.39, 0.29) is 12.4 Å². The molecule has 0 bridgehead atoms. The molecule has 3 rings (SSSR count). The van der Waals surface area contributed by atoms with Gasteiger partial charge in [-0.05, 0) is 54.7 Å². The minimum absolute atomic E-state index is 0. The van der Waals surface area contributed by atoms with E-state index >= 15 is 0 Å².